The molecule has 1 amide bonds. The first kappa shape index (κ1) is 14.9. The molecule has 2 rings (SSSR count). The number of nitrogens with one attached hydrogen (secondary N) is 1. The number of alkyl halides is 2. The second-order valence-corrected chi connectivity index (χ2v) is 4.80. The Morgan fingerprint density at radius 2 is 2.40 bits per heavy atom. The number of carbonyl (C=O) groups is 1. The molecule has 1 saturated heterocycles. The predicted molar refractivity (Wildman–Crippen MR) is 67.8 cm³/mol. The number of rotatable bonds is 4. The van der Waals surface area contributed by atoms with Gasteiger partial charge in [-0.15, -0.1) is 0 Å². The van der Waals surface area contributed by atoms with Crippen LogP contribution in [0.2, 0.25) is 0 Å². The Bertz CT molecular complexity index is 478. The predicted octanol–water partition coefficient (Wildman–Crippen LogP) is 0.647. The molecule has 1 aliphatic heterocycles. The number of morpholine rings is 1. The quantitative estimate of drug-likeness (QED) is 0.883. The first-order chi connectivity index (χ1) is 9.49. The maximum atomic E-state index is 12.8. The summed E-state index contributed by atoms with van der Waals surface area (Å²) in [6, 6.07) is 0. The molecular weight excluding hydrogens is 270 g/mol. The van der Waals surface area contributed by atoms with Gasteiger partial charge in [0.1, 0.15) is 11.5 Å². The highest BCUT2D eigenvalue weighted by molar-refractivity contribution is 5.92. The zero-order valence-electron chi connectivity index (χ0n) is 11.5. The van der Waals surface area contributed by atoms with Crippen LogP contribution in [0.25, 0.3) is 0 Å². The van der Waals surface area contributed by atoms with Crippen LogP contribution >= 0.6 is 0 Å². The average molecular weight is 288 g/mol. The van der Waals surface area contributed by atoms with Crippen LogP contribution in [0.15, 0.2) is 6.20 Å². The van der Waals surface area contributed by atoms with Crippen LogP contribution < -0.4 is 5.32 Å². The van der Waals surface area contributed by atoms with Crippen molar-refractivity contribution < 1.29 is 18.3 Å². The number of carbonyl (C=O) groups excluding carboxylic acids is 1. The van der Waals surface area contributed by atoms with E-state index in [9.17, 15) is 13.6 Å². The summed E-state index contributed by atoms with van der Waals surface area (Å²) in [6.07, 6.45) is 1.03. The molecule has 0 bridgehead atoms. The standard InChI is InChI=1S/C12H18F2N4O2/c1-8-15-6-10(18(8)12(13)14)11(19)16-5-9-7-17(2)3-4-20-9/h6,9,12H,3-5,7H2,1-2H3,(H,16,19). The van der Waals surface area contributed by atoms with Crippen molar-refractivity contribution in [2.75, 3.05) is 33.3 Å². The summed E-state index contributed by atoms with van der Waals surface area (Å²) in [5, 5.41) is 2.61. The first-order valence-electron chi connectivity index (χ1n) is 6.39. The van der Waals surface area contributed by atoms with Gasteiger partial charge in [-0.05, 0) is 14.0 Å². The fourth-order valence-electron chi connectivity index (χ4n) is 2.16. The summed E-state index contributed by atoms with van der Waals surface area (Å²) in [7, 11) is 1.96. The van der Waals surface area contributed by atoms with Crippen LogP contribution in [0, 0.1) is 6.92 Å². The maximum absolute atomic E-state index is 12.8. The van der Waals surface area contributed by atoms with Crippen molar-refractivity contribution in [3.63, 3.8) is 0 Å². The van der Waals surface area contributed by atoms with Crippen molar-refractivity contribution in [3.8, 4) is 0 Å². The lowest BCUT2D eigenvalue weighted by Gasteiger charge is -2.30. The van der Waals surface area contributed by atoms with Crippen molar-refractivity contribution in [1.82, 2.24) is 19.8 Å². The highest BCUT2D eigenvalue weighted by Gasteiger charge is 2.22. The smallest absolute Gasteiger partial charge is 0.320 e. The summed E-state index contributed by atoms with van der Waals surface area (Å²) in [5.41, 5.74) is -0.137. The van der Waals surface area contributed by atoms with Crippen LogP contribution in [-0.2, 0) is 4.74 Å². The minimum atomic E-state index is -2.78. The van der Waals surface area contributed by atoms with E-state index in [0.29, 0.717) is 17.7 Å². The normalized spacial score (nSPS) is 20.4. The minimum absolute atomic E-state index is 0.110. The van der Waals surface area contributed by atoms with E-state index in [-0.39, 0.29) is 24.2 Å². The second-order valence-electron chi connectivity index (χ2n) is 4.80. The number of likely N-dealkylation sites (N-methyl/N-ethyl adjacent to an activating group) is 1. The van der Waals surface area contributed by atoms with Crippen LogP contribution in [0.4, 0.5) is 8.78 Å². The summed E-state index contributed by atoms with van der Waals surface area (Å²) < 4.78 is 31.8. The SMILES string of the molecule is Cc1ncc(C(=O)NCC2CN(C)CCO2)n1C(F)F. The molecule has 112 valence electrons. The molecule has 0 aliphatic carbocycles. The Hall–Kier alpha value is -1.54. The minimum Gasteiger partial charge on any atom is -0.374 e. The van der Waals surface area contributed by atoms with Gasteiger partial charge in [-0.2, -0.15) is 8.78 Å². The number of nitrogens with zero attached hydrogens (tertiary/aromatic N) is 3. The van der Waals surface area contributed by atoms with Gasteiger partial charge in [-0.25, -0.2) is 4.98 Å². The Morgan fingerprint density at radius 1 is 1.65 bits per heavy atom. The molecule has 1 atom stereocenters. The summed E-state index contributed by atoms with van der Waals surface area (Å²) in [6.45, 7) is 1.09. The van der Waals surface area contributed by atoms with E-state index in [1.165, 1.54) is 6.92 Å². The number of amides is 1. The molecule has 0 saturated carbocycles. The Kier molecular flexibility index (Phi) is 4.66. The molecule has 20 heavy (non-hydrogen) atoms. The van der Waals surface area contributed by atoms with E-state index in [2.05, 4.69) is 15.2 Å². The molecule has 0 radical (unpaired) electrons. The van der Waals surface area contributed by atoms with Gasteiger partial charge in [0.15, 0.2) is 0 Å². The highest BCUT2D eigenvalue weighted by atomic mass is 19.3. The molecule has 1 aliphatic rings. The zero-order chi connectivity index (χ0) is 14.7. The third kappa shape index (κ3) is 3.31. The number of hydrogen-bond acceptors (Lipinski definition) is 4. The van der Waals surface area contributed by atoms with Gasteiger partial charge < -0.3 is 15.0 Å². The first-order valence-corrected chi connectivity index (χ1v) is 6.39. The number of ether oxygens (including phenoxy) is 1. The fourth-order valence-corrected chi connectivity index (χ4v) is 2.16. The van der Waals surface area contributed by atoms with Crippen molar-refractivity contribution >= 4 is 5.91 Å². The van der Waals surface area contributed by atoms with Crippen molar-refractivity contribution in [3.05, 3.63) is 17.7 Å². The Labute approximate surface area is 115 Å². The molecule has 0 spiro atoms. The molecule has 1 aromatic rings. The third-order valence-electron chi connectivity index (χ3n) is 3.24. The molecule has 1 aromatic heterocycles. The lowest BCUT2D eigenvalue weighted by molar-refractivity contribution is -0.0176. The van der Waals surface area contributed by atoms with E-state index >= 15 is 0 Å². The monoisotopic (exact) mass is 288 g/mol. The molecule has 1 unspecified atom stereocenters. The molecule has 2 heterocycles. The average Bonchev–Trinajstić information content (AvgIpc) is 2.78. The van der Waals surface area contributed by atoms with Crippen molar-refractivity contribution in [2.45, 2.75) is 19.6 Å². The van der Waals surface area contributed by atoms with E-state index in [4.69, 9.17) is 4.74 Å². The largest absolute Gasteiger partial charge is 0.374 e. The number of halogens is 2. The van der Waals surface area contributed by atoms with Crippen molar-refractivity contribution in [1.29, 1.82) is 0 Å². The fraction of sp³-hybridized carbons (Fsp3) is 0.667. The van der Waals surface area contributed by atoms with E-state index < -0.39 is 12.5 Å². The summed E-state index contributed by atoms with van der Waals surface area (Å²) in [5.74, 6) is -0.457. The van der Waals surface area contributed by atoms with Crippen LogP contribution in [0.1, 0.15) is 22.9 Å². The second kappa shape index (κ2) is 6.27. The Balaban J connectivity index is 1.95. The molecule has 6 nitrogen and oxygen atoms in total. The molecule has 8 heteroatoms. The van der Waals surface area contributed by atoms with Gasteiger partial charge in [0.05, 0.1) is 18.9 Å². The zero-order valence-corrected chi connectivity index (χ0v) is 11.5. The molecule has 1 fully saturated rings. The number of hydrogen-bond donors (Lipinski definition) is 1. The number of imidazole rings is 1. The lowest BCUT2D eigenvalue weighted by atomic mass is 10.3. The maximum Gasteiger partial charge on any atom is 0.320 e. The Morgan fingerprint density at radius 3 is 3.05 bits per heavy atom. The number of aryl methyl sites for hydroxylation is 1. The van der Waals surface area contributed by atoms with E-state index in [1.807, 2.05) is 7.05 Å². The highest BCUT2D eigenvalue weighted by Crippen LogP contribution is 2.16. The van der Waals surface area contributed by atoms with Gasteiger partial charge in [0.25, 0.3) is 5.91 Å². The van der Waals surface area contributed by atoms with Gasteiger partial charge >= 0.3 is 6.55 Å². The topological polar surface area (TPSA) is 59.4 Å². The van der Waals surface area contributed by atoms with Crippen LogP contribution in [0.5, 0.6) is 0 Å². The number of aromatic nitrogens is 2. The summed E-state index contributed by atoms with van der Waals surface area (Å²) >= 11 is 0. The molecule has 0 aromatic carbocycles. The van der Waals surface area contributed by atoms with E-state index in [1.54, 1.807) is 0 Å². The van der Waals surface area contributed by atoms with Gasteiger partial charge in [0, 0.05) is 19.6 Å². The third-order valence-corrected chi connectivity index (χ3v) is 3.24. The molecule has 1 N–H and O–H groups in total. The van der Waals surface area contributed by atoms with Gasteiger partial charge in [-0.1, -0.05) is 0 Å². The molecular formula is C12H18F2N4O2. The van der Waals surface area contributed by atoms with Gasteiger partial charge in [0.2, 0.25) is 0 Å². The van der Waals surface area contributed by atoms with Crippen LogP contribution in [0.3, 0.4) is 0 Å². The van der Waals surface area contributed by atoms with Crippen LogP contribution in [-0.4, -0.2) is 59.8 Å². The lowest BCUT2D eigenvalue weighted by Crippen LogP contribution is -2.46. The van der Waals surface area contributed by atoms with Gasteiger partial charge in [-0.3, -0.25) is 9.36 Å². The summed E-state index contributed by atoms with van der Waals surface area (Å²) in [4.78, 5) is 17.8. The van der Waals surface area contributed by atoms with E-state index in [0.717, 1.165) is 12.7 Å². The van der Waals surface area contributed by atoms with Crippen molar-refractivity contribution in [2.24, 2.45) is 0 Å².